The van der Waals surface area contributed by atoms with Crippen LogP contribution in [0.3, 0.4) is 0 Å². The Morgan fingerprint density at radius 3 is 2.76 bits per heavy atom. The van der Waals surface area contributed by atoms with Crippen molar-refractivity contribution < 1.29 is 4.74 Å². The van der Waals surface area contributed by atoms with Gasteiger partial charge < -0.3 is 15.4 Å². The number of benzene rings is 2. The molecular weight excluding hydrogens is 304 g/mol. The van der Waals surface area contributed by atoms with E-state index in [1.807, 2.05) is 55.5 Å². The van der Waals surface area contributed by atoms with Gasteiger partial charge in [-0.15, -0.1) is 0 Å². The minimum Gasteiger partial charge on any atom is -0.494 e. The van der Waals surface area contributed by atoms with E-state index in [9.17, 15) is 0 Å². The highest BCUT2D eigenvalue weighted by molar-refractivity contribution is 7.80. The largest absolute Gasteiger partial charge is 0.494 e. The monoisotopic (exact) mass is 320 g/mol. The summed E-state index contributed by atoms with van der Waals surface area (Å²) in [4.78, 5) is 0. The van der Waals surface area contributed by atoms with E-state index in [-0.39, 0.29) is 0 Å². The molecule has 0 fully saturated rings. The summed E-state index contributed by atoms with van der Waals surface area (Å²) in [6, 6.07) is 15.4. The van der Waals surface area contributed by atoms with Crippen molar-refractivity contribution in [1.29, 1.82) is 0 Å². The van der Waals surface area contributed by atoms with Gasteiger partial charge >= 0.3 is 0 Å². The lowest BCUT2D eigenvalue weighted by Crippen LogP contribution is -2.27. The van der Waals surface area contributed by atoms with Gasteiger partial charge in [-0.25, -0.2) is 0 Å². The highest BCUT2D eigenvalue weighted by Crippen LogP contribution is 2.17. The molecule has 5 heteroatoms. The van der Waals surface area contributed by atoms with Gasteiger partial charge in [0, 0.05) is 23.3 Å². The molecule has 21 heavy (non-hydrogen) atoms. The van der Waals surface area contributed by atoms with Crippen LogP contribution in [0.2, 0.25) is 5.02 Å². The van der Waals surface area contributed by atoms with E-state index >= 15 is 0 Å². The highest BCUT2D eigenvalue weighted by atomic mass is 35.5. The molecule has 0 saturated heterocycles. The van der Waals surface area contributed by atoms with Crippen molar-refractivity contribution in [3.63, 3.8) is 0 Å². The molecule has 0 aliphatic heterocycles. The second-order valence-corrected chi connectivity index (χ2v) is 5.18. The number of halogens is 1. The summed E-state index contributed by atoms with van der Waals surface area (Å²) in [7, 11) is 0. The quantitative estimate of drug-likeness (QED) is 0.808. The standard InChI is InChI=1S/C16H17ClN2OS/c1-2-20-14-8-5-7-13(10-14)19-16(21)18-11-12-6-3-4-9-15(12)17/h3-10H,2,11H2,1H3,(H2,18,19,21). The predicted octanol–water partition coefficient (Wildman–Crippen LogP) is 4.23. The van der Waals surface area contributed by atoms with Gasteiger partial charge in [0.1, 0.15) is 5.75 Å². The summed E-state index contributed by atoms with van der Waals surface area (Å²) in [5.74, 6) is 0.816. The average molecular weight is 321 g/mol. The molecule has 2 aromatic carbocycles. The van der Waals surface area contributed by atoms with Crippen LogP contribution in [0.5, 0.6) is 5.75 Å². The SMILES string of the molecule is CCOc1cccc(NC(=S)NCc2ccccc2Cl)c1. The number of thiocarbonyl (C=S) groups is 1. The third-order valence-corrected chi connectivity index (χ3v) is 3.42. The Morgan fingerprint density at radius 2 is 2.00 bits per heavy atom. The zero-order chi connectivity index (χ0) is 15.1. The van der Waals surface area contributed by atoms with Gasteiger partial charge in [0.15, 0.2) is 5.11 Å². The number of rotatable bonds is 5. The van der Waals surface area contributed by atoms with Crippen LogP contribution in [-0.2, 0) is 6.54 Å². The van der Waals surface area contributed by atoms with E-state index in [1.165, 1.54) is 0 Å². The van der Waals surface area contributed by atoms with Crippen LogP contribution < -0.4 is 15.4 Å². The summed E-state index contributed by atoms with van der Waals surface area (Å²) in [6.07, 6.45) is 0. The van der Waals surface area contributed by atoms with E-state index < -0.39 is 0 Å². The topological polar surface area (TPSA) is 33.3 Å². The maximum absolute atomic E-state index is 6.10. The van der Waals surface area contributed by atoms with E-state index in [0.29, 0.717) is 18.3 Å². The molecule has 0 heterocycles. The molecular formula is C16H17ClN2OS. The summed E-state index contributed by atoms with van der Waals surface area (Å²) < 4.78 is 5.45. The highest BCUT2D eigenvalue weighted by Gasteiger charge is 2.02. The lowest BCUT2D eigenvalue weighted by molar-refractivity contribution is 0.340. The van der Waals surface area contributed by atoms with Crippen LogP contribution in [0.15, 0.2) is 48.5 Å². The third kappa shape index (κ3) is 4.92. The molecule has 2 aromatic rings. The second-order valence-electron chi connectivity index (χ2n) is 4.36. The Labute approximate surface area is 135 Å². The summed E-state index contributed by atoms with van der Waals surface area (Å²) in [5.41, 5.74) is 1.89. The molecule has 110 valence electrons. The van der Waals surface area contributed by atoms with Crippen LogP contribution in [0.4, 0.5) is 5.69 Å². The van der Waals surface area contributed by atoms with E-state index in [1.54, 1.807) is 0 Å². The summed E-state index contributed by atoms with van der Waals surface area (Å²) in [6.45, 7) is 3.17. The minimum atomic E-state index is 0.545. The number of ether oxygens (including phenoxy) is 1. The second kappa shape index (κ2) is 7.86. The lowest BCUT2D eigenvalue weighted by atomic mass is 10.2. The van der Waals surface area contributed by atoms with Crippen LogP contribution in [-0.4, -0.2) is 11.7 Å². The van der Waals surface area contributed by atoms with Gasteiger partial charge in [-0.3, -0.25) is 0 Å². The van der Waals surface area contributed by atoms with Crippen LogP contribution in [0, 0.1) is 0 Å². The van der Waals surface area contributed by atoms with E-state index in [0.717, 1.165) is 22.0 Å². The molecule has 0 spiro atoms. The first-order chi connectivity index (χ1) is 10.2. The van der Waals surface area contributed by atoms with Gasteiger partial charge in [-0.1, -0.05) is 35.9 Å². The maximum atomic E-state index is 6.10. The molecule has 0 aliphatic carbocycles. The minimum absolute atomic E-state index is 0.545. The van der Waals surface area contributed by atoms with Crippen molar-refractivity contribution in [2.75, 3.05) is 11.9 Å². The van der Waals surface area contributed by atoms with Crippen molar-refractivity contribution in [2.45, 2.75) is 13.5 Å². The molecule has 0 unspecified atom stereocenters. The molecule has 0 saturated carbocycles. The van der Waals surface area contributed by atoms with Crippen molar-refractivity contribution >= 4 is 34.6 Å². The van der Waals surface area contributed by atoms with Gasteiger partial charge in [-0.2, -0.15) is 0 Å². The number of hydrogen-bond acceptors (Lipinski definition) is 2. The Morgan fingerprint density at radius 1 is 1.19 bits per heavy atom. The first-order valence-electron chi connectivity index (χ1n) is 6.70. The number of nitrogens with one attached hydrogen (secondary N) is 2. The molecule has 0 atom stereocenters. The van der Waals surface area contributed by atoms with Crippen molar-refractivity contribution in [3.8, 4) is 5.75 Å². The van der Waals surface area contributed by atoms with Gasteiger partial charge in [0.05, 0.1) is 6.61 Å². The van der Waals surface area contributed by atoms with Gasteiger partial charge in [0.25, 0.3) is 0 Å². The fraction of sp³-hybridized carbons (Fsp3) is 0.188. The van der Waals surface area contributed by atoms with Crippen molar-refractivity contribution in [1.82, 2.24) is 5.32 Å². The first kappa shape index (κ1) is 15.6. The zero-order valence-corrected chi connectivity index (χ0v) is 13.3. The Balaban J connectivity index is 1.90. The lowest BCUT2D eigenvalue weighted by Gasteiger charge is -2.12. The summed E-state index contributed by atoms with van der Waals surface area (Å²) >= 11 is 11.4. The van der Waals surface area contributed by atoms with Gasteiger partial charge in [-0.05, 0) is 42.9 Å². The molecule has 2 rings (SSSR count). The molecule has 0 aliphatic rings. The maximum Gasteiger partial charge on any atom is 0.171 e. The van der Waals surface area contributed by atoms with Crippen molar-refractivity contribution in [2.24, 2.45) is 0 Å². The average Bonchev–Trinajstić information content (AvgIpc) is 2.47. The van der Waals surface area contributed by atoms with Crippen LogP contribution in [0.25, 0.3) is 0 Å². The van der Waals surface area contributed by atoms with Gasteiger partial charge in [0.2, 0.25) is 0 Å². The third-order valence-electron chi connectivity index (χ3n) is 2.80. The fourth-order valence-corrected chi connectivity index (χ4v) is 2.22. The van der Waals surface area contributed by atoms with Crippen molar-refractivity contribution in [3.05, 3.63) is 59.1 Å². The van der Waals surface area contributed by atoms with E-state index in [4.69, 9.17) is 28.6 Å². The zero-order valence-electron chi connectivity index (χ0n) is 11.7. The van der Waals surface area contributed by atoms with Crippen LogP contribution in [0.1, 0.15) is 12.5 Å². The van der Waals surface area contributed by atoms with Crippen LogP contribution >= 0.6 is 23.8 Å². The first-order valence-corrected chi connectivity index (χ1v) is 7.49. The predicted molar refractivity (Wildman–Crippen MR) is 92.1 cm³/mol. The van der Waals surface area contributed by atoms with E-state index in [2.05, 4.69) is 10.6 Å². The Kier molecular flexibility index (Phi) is 5.84. The Hall–Kier alpha value is -1.78. The smallest absolute Gasteiger partial charge is 0.171 e. The molecule has 2 N–H and O–H groups in total. The normalized spacial score (nSPS) is 10.0. The number of anilines is 1. The number of hydrogen-bond donors (Lipinski definition) is 2. The molecule has 0 amide bonds. The molecule has 0 aromatic heterocycles. The fourth-order valence-electron chi connectivity index (χ4n) is 1.82. The molecule has 0 bridgehead atoms. The summed E-state index contributed by atoms with van der Waals surface area (Å²) in [5, 5.41) is 7.54. The molecule has 0 radical (unpaired) electrons. The molecule has 3 nitrogen and oxygen atoms in total. The Bertz CT molecular complexity index is 619.